The second kappa shape index (κ2) is 6.59. The molecule has 1 aliphatic heterocycles. The van der Waals surface area contributed by atoms with Crippen molar-refractivity contribution in [2.75, 3.05) is 13.1 Å². The molecule has 1 aromatic carbocycles. The number of nitrogens with zero attached hydrogens (tertiary/aromatic N) is 3. The number of ketones is 1. The molecule has 4 rings (SSSR count). The Balaban J connectivity index is 1.68. The van der Waals surface area contributed by atoms with E-state index in [-0.39, 0.29) is 11.7 Å². The van der Waals surface area contributed by atoms with E-state index in [0.717, 1.165) is 29.7 Å². The fourth-order valence-electron chi connectivity index (χ4n) is 3.17. The highest BCUT2D eigenvalue weighted by Gasteiger charge is 2.19. The molecule has 3 aromatic rings. The van der Waals surface area contributed by atoms with Crippen LogP contribution in [-0.2, 0) is 0 Å². The van der Waals surface area contributed by atoms with Crippen molar-refractivity contribution in [1.82, 2.24) is 14.3 Å². The third-order valence-electron chi connectivity index (χ3n) is 4.62. The fraction of sp³-hybridized carbons (Fsp3) is 0.190. The van der Waals surface area contributed by atoms with Crippen molar-refractivity contribution < 1.29 is 9.59 Å². The van der Waals surface area contributed by atoms with Gasteiger partial charge in [0.15, 0.2) is 5.78 Å². The van der Waals surface area contributed by atoms with Crippen LogP contribution in [0.4, 0.5) is 0 Å². The van der Waals surface area contributed by atoms with Crippen molar-refractivity contribution in [3.63, 3.8) is 0 Å². The Hall–Kier alpha value is -3.21. The van der Waals surface area contributed by atoms with Gasteiger partial charge in [0.25, 0.3) is 5.91 Å². The standard InChI is InChI=1S/C21H19N3O2/c1-15(25)16-6-5-7-17(12-16)18-8-9-20-22-19(14-24(20)13-18)21(26)23-10-3-2-4-11-23/h2-3,5-9,12-14H,4,10-11H2,1H3. The molecule has 0 radical (unpaired) electrons. The molecule has 0 spiro atoms. The third-order valence-corrected chi connectivity index (χ3v) is 4.62. The Kier molecular flexibility index (Phi) is 4.13. The first-order chi connectivity index (χ1) is 12.6. The maximum absolute atomic E-state index is 12.6. The molecule has 26 heavy (non-hydrogen) atoms. The SMILES string of the molecule is CC(=O)c1cccc(-c2ccc3nc(C(=O)N4CC=CCC4)cn3c2)c1. The van der Waals surface area contributed by atoms with E-state index in [1.165, 1.54) is 0 Å². The molecule has 0 fully saturated rings. The van der Waals surface area contributed by atoms with E-state index in [9.17, 15) is 9.59 Å². The highest BCUT2D eigenvalue weighted by Crippen LogP contribution is 2.22. The van der Waals surface area contributed by atoms with Crippen LogP contribution in [0.15, 0.2) is 60.9 Å². The number of pyridine rings is 1. The van der Waals surface area contributed by atoms with Crippen LogP contribution < -0.4 is 0 Å². The predicted octanol–water partition coefficient (Wildman–Crippen LogP) is 3.61. The summed E-state index contributed by atoms with van der Waals surface area (Å²) in [7, 11) is 0. The number of carbonyl (C=O) groups excluding carboxylic acids is 2. The molecule has 2 aromatic heterocycles. The number of amides is 1. The minimum absolute atomic E-state index is 0.0408. The van der Waals surface area contributed by atoms with Crippen LogP contribution >= 0.6 is 0 Å². The molecule has 1 amide bonds. The highest BCUT2D eigenvalue weighted by atomic mass is 16.2. The minimum Gasteiger partial charge on any atom is -0.333 e. The Morgan fingerprint density at radius 3 is 2.69 bits per heavy atom. The summed E-state index contributed by atoms with van der Waals surface area (Å²) in [5, 5.41) is 0. The van der Waals surface area contributed by atoms with Gasteiger partial charge in [-0.25, -0.2) is 4.98 Å². The Morgan fingerprint density at radius 1 is 1.04 bits per heavy atom. The molecule has 0 saturated heterocycles. The minimum atomic E-state index is -0.0434. The zero-order chi connectivity index (χ0) is 18.1. The lowest BCUT2D eigenvalue weighted by Gasteiger charge is -2.22. The van der Waals surface area contributed by atoms with Gasteiger partial charge in [-0.2, -0.15) is 0 Å². The summed E-state index contributed by atoms with van der Waals surface area (Å²) in [4.78, 5) is 30.5. The second-order valence-corrected chi connectivity index (χ2v) is 6.46. The molecule has 0 atom stereocenters. The molecule has 130 valence electrons. The Morgan fingerprint density at radius 2 is 1.92 bits per heavy atom. The molecule has 0 aliphatic carbocycles. The van der Waals surface area contributed by atoms with Gasteiger partial charge in [-0.3, -0.25) is 9.59 Å². The number of aromatic nitrogens is 2. The number of rotatable bonds is 3. The van der Waals surface area contributed by atoms with Gasteiger partial charge in [-0.05, 0) is 42.7 Å². The number of carbonyl (C=O) groups is 2. The average molecular weight is 345 g/mol. The van der Waals surface area contributed by atoms with Crippen LogP contribution in [0.1, 0.15) is 34.2 Å². The zero-order valence-electron chi connectivity index (χ0n) is 14.6. The summed E-state index contributed by atoms with van der Waals surface area (Å²) in [6.45, 7) is 2.92. The lowest BCUT2D eigenvalue weighted by molar-refractivity contribution is 0.0765. The lowest BCUT2D eigenvalue weighted by atomic mass is 10.0. The van der Waals surface area contributed by atoms with Crippen molar-refractivity contribution in [2.45, 2.75) is 13.3 Å². The molecule has 1 aliphatic rings. The van der Waals surface area contributed by atoms with Crippen LogP contribution in [0.25, 0.3) is 16.8 Å². The van der Waals surface area contributed by atoms with Crippen LogP contribution in [0, 0.1) is 0 Å². The average Bonchev–Trinajstić information content (AvgIpc) is 3.11. The summed E-state index contributed by atoms with van der Waals surface area (Å²) < 4.78 is 1.86. The number of Topliss-reactive ketones (excluding diaryl/α,β-unsaturated/α-hetero) is 1. The molecule has 3 heterocycles. The monoisotopic (exact) mass is 345 g/mol. The first-order valence-corrected chi connectivity index (χ1v) is 8.66. The molecular weight excluding hydrogens is 326 g/mol. The van der Waals surface area contributed by atoms with Gasteiger partial charge in [0, 0.05) is 31.0 Å². The van der Waals surface area contributed by atoms with Crippen LogP contribution in [-0.4, -0.2) is 39.1 Å². The van der Waals surface area contributed by atoms with Crippen molar-refractivity contribution in [3.8, 4) is 11.1 Å². The van der Waals surface area contributed by atoms with Crippen LogP contribution in [0.3, 0.4) is 0 Å². The van der Waals surface area contributed by atoms with E-state index in [1.54, 1.807) is 18.0 Å². The van der Waals surface area contributed by atoms with Gasteiger partial charge in [0.2, 0.25) is 0 Å². The van der Waals surface area contributed by atoms with Crippen molar-refractivity contribution in [2.24, 2.45) is 0 Å². The smallest absolute Gasteiger partial charge is 0.274 e. The third kappa shape index (κ3) is 3.04. The van der Waals surface area contributed by atoms with Crippen molar-refractivity contribution >= 4 is 17.3 Å². The summed E-state index contributed by atoms with van der Waals surface area (Å²) in [6.07, 6.45) is 8.70. The molecular formula is C21H19N3O2. The first kappa shape index (κ1) is 16.3. The zero-order valence-corrected chi connectivity index (χ0v) is 14.6. The van der Waals surface area contributed by atoms with E-state index in [4.69, 9.17) is 0 Å². The molecule has 5 heteroatoms. The molecule has 5 nitrogen and oxygen atoms in total. The summed E-state index contributed by atoms with van der Waals surface area (Å²) in [6, 6.07) is 11.4. The van der Waals surface area contributed by atoms with E-state index in [0.29, 0.717) is 17.8 Å². The van der Waals surface area contributed by atoms with Gasteiger partial charge in [0.1, 0.15) is 11.3 Å². The molecule has 0 unspecified atom stereocenters. The van der Waals surface area contributed by atoms with Gasteiger partial charge >= 0.3 is 0 Å². The van der Waals surface area contributed by atoms with E-state index in [2.05, 4.69) is 11.1 Å². The van der Waals surface area contributed by atoms with Gasteiger partial charge in [-0.15, -0.1) is 0 Å². The van der Waals surface area contributed by atoms with Gasteiger partial charge < -0.3 is 9.30 Å². The summed E-state index contributed by atoms with van der Waals surface area (Å²) in [5.41, 5.74) is 3.80. The first-order valence-electron chi connectivity index (χ1n) is 8.66. The number of imidazole rings is 1. The van der Waals surface area contributed by atoms with Crippen molar-refractivity contribution in [1.29, 1.82) is 0 Å². The highest BCUT2D eigenvalue weighted by molar-refractivity contribution is 5.95. The maximum Gasteiger partial charge on any atom is 0.274 e. The maximum atomic E-state index is 12.6. The number of hydrogen-bond donors (Lipinski definition) is 0. The Labute approximate surface area is 151 Å². The normalized spacial score (nSPS) is 14.0. The largest absolute Gasteiger partial charge is 0.333 e. The van der Waals surface area contributed by atoms with Crippen LogP contribution in [0.5, 0.6) is 0 Å². The number of fused-ring (bicyclic) bond motifs is 1. The van der Waals surface area contributed by atoms with E-state index >= 15 is 0 Å². The Bertz CT molecular complexity index is 1030. The summed E-state index contributed by atoms with van der Waals surface area (Å²) >= 11 is 0. The van der Waals surface area contributed by atoms with Crippen LogP contribution in [0.2, 0.25) is 0 Å². The quantitative estimate of drug-likeness (QED) is 0.538. The van der Waals surface area contributed by atoms with Gasteiger partial charge in [-0.1, -0.05) is 30.4 Å². The summed E-state index contributed by atoms with van der Waals surface area (Å²) in [5.74, 6) is -0.00259. The topological polar surface area (TPSA) is 54.7 Å². The van der Waals surface area contributed by atoms with E-state index in [1.807, 2.05) is 53.1 Å². The predicted molar refractivity (Wildman–Crippen MR) is 100 cm³/mol. The molecule has 0 bridgehead atoms. The van der Waals surface area contributed by atoms with Crippen molar-refractivity contribution in [3.05, 3.63) is 72.2 Å². The number of hydrogen-bond acceptors (Lipinski definition) is 3. The fourth-order valence-corrected chi connectivity index (χ4v) is 3.17. The molecule has 0 saturated carbocycles. The lowest BCUT2D eigenvalue weighted by Crippen LogP contribution is -2.33. The molecule has 0 N–H and O–H groups in total. The number of benzene rings is 1. The van der Waals surface area contributed by atoms with Gasteiger partial charge in [0.05, 0.1) is 0 Å². The second-order valence-electron chi connectivity index (χ2n) is 6.46. The van der Waals surface area contributed by atoms with E-state index < -0.39 is 0 Å².